The highest BCUT2D eigenvalue weighted by molar-refractivity contribution is 5.80. The summed E-state index contributed by atoms with van der Waals surface area (Å²) in [5.41, 5.74) is 5.48. The van der Waals surface area contributed by atoms with Crippen molar-refractivity contribution >= 4 is 5.91 Å². The zero-order chi connectivity index (χ0) is 13.1. The van der Waals surface area contributed by atoms with Gasteiger partial charge in [0.2, 0.25) is 0 Å². The molecule has 7 heteroatoms. The van der Waals surface area contributed by atoms with E-state index < -0.39 is 6.10 Å². The van der Waals surface area contributed by atoms with Crippen LogP contribution in [0.25, 0.3) is 0 Å². The van der Waals surface area contributed by atoms with Gasteiger partial charge in [-0.15, -0.1) is 10.2 Å². The molecule has 7 nitrogen and oxygen atoms in total. The summed E-state index contributed by atoms with van der Waals surface area (Å²) in [4.78, 5) is 13.6. The Balaban J connectivity index is 2.02. The van der Waals surface area contributed by atoms with Gasteiger partial charge in [-0.1, -0.05) is 0 Å². The highest BCUT2D eigenvalue weighted by Crippen LogP contribution is 2.15. The second kappa shape index (κ2) is 5.45. The van der Waals surface area contributed by atoms with E-state index >= 15 is 0 Å². The van der Waals surface area contributed by atoms with Crippen molar-refractivity contribution in [3.05, 3.63) is 11.6 Å². The van der Waals surface area contributed by atoms with Gasteiger partial charge in [-0.2, -0.15) is 0 Å². The van der Waals surface area contributed by atoms with E-state index in [2.05, 4.69) is 14.8 Å². The molecule has 1 aromatic rings. The van der Waals surface area contributed by atoms with Crippen LogP contribution in [0.15, 0.2) is 0 Å². The number of nitrogens with two attached hydrogens (primary N) is 1. The van der Waals surface area contributed by atoms with Crippen LogP contribution in [0.4, 0.5) is 0 Å². The minimum Gasteiger partial charge on any atom is -0.370 e. The molecule has 2 rings (SSSR count). The maximum absolute atomic E-state index is 12.0. The third kappa shape index (κ3) is 2.37. The van der Waals surface area contributed by atoms with Crippen LogP contribution in [-0.2, 0) is 29.0 Å². The topological polar surface area (TPSA) is 86.3 Å². The van der Waals surface area contributed by atoms with Crippen LogP contribution in [0.3, 0.4) is 0 Å². The Hall–Kier alpha value is -1.47. The van der Waals surface area contributed by atoms with Crippen molar-refractivity contribution in [1.82, 2.24) is 19.7 Å². The number of rotatable bonds is 5. The maximum atomic E-state index is 12.0. The lowest BCUT2D eigenvalue weighted by atomic mass is 10.3. The third-order valence-electron chi connectivity index (χ3n) is 3.21. The van der Waals surface area contributed by atoms with Crippen LogP contribution in [0.2, 0.25) is 0 Å². The largest absolute Gasteiger partial charge is 0.370 e. The smallest absolute Gasteiger partial charge is 0.253 e. The first-order valence-electron chi connectivity index (χ1n) is 6.06. The SMILES string of the molecule is COC(CN)C(=O)N(C)Cc1nnc2n1CCC2. The standard InChI is InChI=1S/C11H19N5O2/c1-15(11(17)8(6-12)18-2)7-10-14-13-9-4-3-5-16(9)10/h8H,3-7,12H2,1-2H3. The number of fused-ring (bicyclic) bond motifs is 1. The number of aryl methyl sites for hydroxylation is 1. The van der Waals surface area contributed by atoms with Gasteiger partial charge < -0.3 is 19.9 Å². The van der Waals surface area contributed by atoms with Gasteiger partial charge in [0, 0.05) is 33.7 Å². The van der Waals surface area contributed by atoms with Gasteiger partial charge in [0.15, 0.2) is 5.82 Å². The van der Waals surface area contributed by atoms with Gasteiger partial charge >= 0.3 is 0 Å². The number of aromatic nitrogens is 3. The Kier molecular flexibility index (Phi) is 3.93. The summed E-state index contributed by atoms with van der Waals surface area (Å²) in [6.45, 7) is 1.55. The molecule has 1 unspecified atom stereocenters. The Morgan fingerprint density at radius 1 is 1.61 bits per heavy atom. The van der Waals surface area contributed by atoms with Crippen LogP contribution in [0.5, 0.6) is 0 Å². The lowest BCUT2D eigenvalue weighted by molar-refractivity contribution is -0.140. The average Bonchev–Trinajstić information content (AvgIpc) is 2.95. The van der Waals surface area contributed by atoms with E-state index in [1.807, 2.05) is 0 Å². The van der Waals surface area contributed by atoms with E-state index in [-0.39, 0.29) is 12.5 Å². The molecule has 1 atom stereocenters. The van der Waals surface area contributed by atoms with Crippen molar-refractivity contribution < 1.29 is 9.53 Å². The van der Waals surface area contributed by atoms with Crippen molar-refractivity contribution in [1.29, 1.82) is 0 Å². The molecule has 0 fully saturated rings. The molecule has 100 valence electrons. The fraction of sp³-hybridized carbons (Fsp3) is 0.727. The molecular weight excluding hydrogens is 234 g/mol. The number of carbonyl (C=O) groups is 1. The van der Waals surface area contributed by atoms with Crippen molar-refractivity contribution in [2.24, 2.45) is 5.73 Å². The van der Waals surface area contributed by atoms with Crippen molar-refractivity contribution in [2.45, 2.75) is 32.0 Å². The maximum Gasteiger partial charge on any atom is 0.253 e. The summed E-state index contributed by atoms with van der Waals surface area (Å²) in [6.07, 6.45) is 1.48. The summed E-state index contributed by atoms with van der Waals surface area (Å²) in [6, 6.07) is 0. The molecule has 1 aliphatic rings. The molecule has 0 radical (unpaired) electrons. The molecule has 2 heterocycles. The van der Waals surface area contributed by atoms with Crippen LogP contribution >= 0.6 is 0 Å². The first-order chi connectivity index (χ1) is 8.67. The molecule has 0 spiro atoms. The van der Waals surface area contributed by atoms with Crippen molar-refractivity contribution in [3.8, 4) is 0 Å². The van der Waals surface area contributed by atoms with E-state index in [9.17, 15) is 4.79 Å². The number of hydrogen-bond acceptors (Lipinski definition) is 5. The summed E-state index contributed by atoms with van der Waals surface area (Å²) >= 11 is 0. The van der Waals surface area contributed by atoms with Gasteiger partial charge in [-0.25, -0.2) is 0 Å². The van der Waals surface area contributed by atoms with E-state index in [0.29, 0.717) is 6.54 Å². The molecule has 0 bridgehead atoms. The van der Waals surface area contributed by atoms with Crippen LogP contribution in [-0.4, -0.2) is 52.4 Å². The van der Waals surface area contributed by atoms with Crippen molar-refractivity contribution in [3.63, 3.8) is 0 Å². The number of methoxy groups -OCH3 is 1. The molecule has 1 aromatic heterocycles. The third-order valence-corrected chi connectivity index (χ3v) is 3.21. The van der Waals surface area contributed by atoms with Crippen LogP contribution in [0, 0.1) is 0 Å². The molecule has 0 saturated carbocycles. The molecule has 0 aliphatic carbocycles. The van der Waals surface area contributed by atoms with Gasteiger partial charge in [-0.3, -0.25) is 4.79 Å². The summed E-state index contributed by atoms with van der Waals surface area (Å²) < 4.78 is 7.11. The predicted molar refractivity (Wildman–Crippen MR) is 64.7 cm³/mol. The number of likely N-dealkylation sites (N-methyl/N-ethyl adjacent to an activating group) is 1. The van der Waals surface area contributed by atoms with Gasteiger partial charge in [0.1, 0.15) is 11.9 Å². The second-order valence-electron chi connectivity index (χ2n) is 4.44. The normalized spacial score (nSPS) is 15.5. The highest BCUT2D eigenvalue weighted by atomic mass is 16.5. The van der Waals surface area contributed by atoms with Crippen LogP contribution < -0.4 is 5.73 Å². The van der Waals surface area contributed by atoms with Crippen LogP contribution in [0.1, 0.15) is 18.1 Å². The minimum atomic E-state index is -0.587. The second-order valence-corrected chi connectivity index (χ2v) is 4.44. The number of carbonyl (C=O) groups excluding carboxylic acids is 1. The fourth-order valence-electron chi connectivity index (χ4n) is 2.16. The van der Waals surface area contributed by atoms with E-state index in [1.54, 1.807) is 11.9 Å². The molecular formula is C11H19N5O2. The predicted octanol–water partition coefficient (Wildman–Crippen LogP) is -0.844. The first-order valence-corrected chi connectivity index (χ1v) is 6.06. The number of hydrogen-bond donors (Lipinski definition) is 1. The first kappa shape index (κ1) is 13.0. The minimum absolute atomic E-state index is 0.129. The summed E-state index contributed by atoms with van der Waals surface area (Å²) in [5.74, 6) is 1.70. The summed E-state index contributed by atoms with van der Waals surface area (Å²) in [5, 5.41) is 8.23. The van der Waals surface area contributed by atoms with E-state index in [4.69, 9.17) is 10.5 Å². The van der Waals surface area contributed by atoms with Crippen molar-refractivity contribution in [2.75, 3.05) is 20.7 Å². The zero-order valence-corrected chi connectivity index (χ0v) is 10.8. The molecule has 0 aromatic carbocycles. The monoisotopic (exact) mass is 253 g/mol. The quantitative estimate of drug-likeness (QED) is 0.739. The Bertz CT molecular complexity index is 427. The zero-order valence-electron chi connectivity index (χ0n) is 10.8. The molecule has 2 N–H and O–H groups in total. The molecule has 18 heavy (non-hydrogen) atoms. The molecule has 1 amide bonds. The Labute approximate surface area is 106 Å². The lowest BCUT2D eigenvalue weighted by Gasteiger charge is -2.21. The Morgan fingerprint density at radius 2 is 2.39 bits per heavy atom. The van der Waals surface area contributed by atoms with Gasteiger partial charge in [-0.05, 0) is 6.42 Å². The number of ether oxygens (including phenoxy) is 1. The number of amides is 1. The summed E-state index contributed by atoms with van der Waals surface area (Å²) in [7, 11) is 3.21. The van der Waals surface area contributed by atoms with Gasteiger partial charge in [0.25, 0.3) is 5.91 Å². The fourth-order valence-corrected chi connectivity index (χ4v) is 2.16. The van der Waals surface area contributed by atoms with Gasteiger partial charge in [0.05, 0.1) is 6.54 Å². The lowest BCUT2D eigenvalue weighted by Crippen LogP contribution is -2.41. The van der Waals surface area contributed by atoms with E-state index in [0.717, 1.165) is 31.0 Å². The molecule has 0 saturated heterocycles. The van der Waals surface area contributed by atoms with E-state index in [1.165, 1.54) is 7.11 Å². The number of nitrogens with zero attached hydrogens (tertiary/aromatic N) is 4. The Morgan fingerprint density at radius 3 is 3.06 bits per heavy atom. The average molecular weight is 253 g/mol. The highest BCUT2D eigenvalue weighted by Gasteiger charge is 2.23. The molecule has 1 aliphatic heterocycles.